The smallest absolute Gasteiger partial charge is 0.231 e. The highest BCUT2D eigenvalue weighted by molar-refractivity contribution is 9.10. The Bertz CT molecular complexity index is 622. The predicted molar refractivity (Wildman–Crippen MR) is 87.1 cm³/mol. The van der Waals surface area contributed by atoms with Crippen LogP contribution in [0, 0.1) is 13.8 Å². The molecule has 1 unspecified atom stereocenters. The number of carbonyl (C=O) groups excluding carboxylic acids is 1. The van der Waals surface area contributed by atoms with Crippen molar-refractivity contribution in [1.29, 1.82) is 0 Å². The summed E-state index contributed by atoms with van der Waals surface area (Å²) in [5, 5.41) is 3.02. The Morgan fingerprint density at radius 2 is 1.70 bits per heavy atom. The van der Waals surface area contributed by atoms with Gasteiger partial charge in [-0.1, -0.05) is 46.3 Å². The van der Waals surface area contributed by atoms with Crippen molar-refractivity contribution in [3.8, 4) is 0 Å². The summed E-state index contributed by atoms with van der Waals surface area (Å²) >= 11 is 3.50. The third kappa shape index (κ3) is 3.10. The molecule has 0 aliphatic heterocycles. The van der Waals surface area contributed by atoms with Crippen molar-refractivity contribution in [2.75, 3.05) is 5.32 Å². The molecule has 1 amide bonds. The van der Waals surface area contributed by atoms with E-state index in [0.29, 0.717) is 0 Å². The van der Waals surface area contributed by atoms with E-state index in [-0.39, 0.29) is 11.8 Å². The standard InChI is InChI=1S/C17H18BrNO/c1-11-12(2)16(10-9-15(11)18)19-17(20)13(3)14-7-5-4-6-8-14/h4-10,13H,1-3H3,(H,19,20). The molecular formula is C17H18BrNO. The van der Waals surface area contributed by atoms with Crippen LogP contribution in [-0.2, 0) is 4.79 Å². The van der Waals surface area contributed by atoms with E-state index >= 15 is 0 Å². The number of rotatable bonds is 3. The summed E-state index contributed by atoms with van der Waals surface area (Å²) in [5.41, 5.74) is 4.14. The molecule has 0 aromatic heterocycles. The first-order valence-electron chi connectivity index (χ1n) is 6.62. The van der Waals surface area contributed by atoms with E-state index in [0.717, 1.165) is 26.9 Å². The van der Waals surface area contributed by atoms with Gasteiger partial charge in [-0.15, -0.1) is 0 Å². The van der Waals surface area contributed by atoms with E-state index in [2.05, 4.69) is 21.2 Å². The van der Waals surface area contributed by atoms with Gasteiger partial charge in [0.2, 0.25) is 5.91 Å². The van der Waals surface area contributed by atoms with Gasteiger partial charge < -0.3 is 5.32 Å². The number of halogens is 1. The number of hydrogen-bond acceptors (Lipinski definition) is 1. The fourth-order valence-corrected chi connectivity index (χ4v) is 2.49. The molecule has 0 aliphatic carbocycles. The lowest BCUT2D eigenvalue weighted by molar-refractivity contribution is -0.117. The number of amides is 1. The number of anilines is 1. The Morgan fingerprint density at radius 1 is 1.05 bits per heavy atom. The molecule has 2 rings (SSSR count). The SMILES string of the molecule is Cc1c(Br)ccc(NC(=O)C(C)c2ccccc2)c1C. The minimum absolute atomic E-state index is 0.0148. The van der Waals surface area contributed by atoms with Gasteiger partial charge in [0.15, 0.2) is 0 Å². The van der Waals surface area contributed by atoms with E-state index in [1.54, 1.807) is 0 Å². The molecule has 0 radical (unpaired) electrons. The first-order chi connectivity index (χ1) is 9.50. The van der Waals surface area contributed by atoms with Crippen molar-refractivity contribution in [3.05, 3.63) is 63.6 Å². The van der Waals surface area contributed by atoms with Crippen LogP contribution in [0.25, 0.3) is 0 Å². The second kappa shape index (κ2) is 6.23. The van der Waals surface area contributed by atoms with Gasteiger partial charge in [-0.05, 0) is 49.6 Å². The molecule has 3 heteroatoms. The third-order valence-electron chi connectivity index (χ3n) is 3.67. The largest absolute Gasteiger partial charge is 0.325 e. The van der Waals surface area contributed by atoms with Gasteiger partial charge in [-0.3, -0.25) is 4.79 Å². The molecule has 1 atom stereocenters. The van der Waals surface area contributed by atoms with Gasteiger partial charge in [0.1, 0.15) is 0 Å². The van der Waals surface area contributed by atoms with E-state index in [1.165, 1.54) is 0 Å². The second-order valence-electron chi connectivity index (χ2n) is 4.97. The fourth-order valence-electron chi connectivity index (χ4n) is 2.06. The van der Waals surface area contributed by atoms with Crippen LogP contribution in [0.5, 0.6) is 0 Å². The highest BCUT2D eigenvalue weighted by Gasteiger charge is 2.16. The number of carbonyl (C=O) groups is 1. The molecule has 0 bridgehead atoms. The van der Waals surface area contributed by atoms with Gasteiger partial charge in [0.05, 0.1) is 5.92 Å². The molecule has 2 aromatic carbocycles. The van der Waals surface area contributed by atoms with E-state index < -0.39 is 0 Å². The monoisotopic (exact) mass is 331 g/mol. The first kappa shape index (κ1) is 14.8. The van der Waals surface area contributed by atoms with E-state index in [1.807, 2.05) is 63.2 Å². The lowest BCUT2D eigenvalue weighted by Crippen LogP contribution is -2.19. The molecule has 0 saturated carbocycles. The van der Waals surface area contributed by atoms with Crippen molar-refractivity contribution in [3.63, 3.8) is 0 Å². The van der Waals surface area contributed by atoms with Crippen LogP contribution >= 0.6 is 15.9 Å². The van der Waals surface area contributed by atoms with Crippen molar-refractivity contribution in [2.45, 2.75) is 26.7 Å². The number of benzene rings is 2. The van der Waals surface area contributed by atoms with Crippen LogP contribution in [0.2, 0.25) is 0 Å². The lowest BCUT2D eigenvalue weighted by atomic mass is 10.00. The molecule has 1 N–H and O–H groups in total. The predicted octanol–water partition coefficient (Wildman–Crippen LogP) is 4.81. The van der Waals surface area contributed by atoms with Crippen LogP contribution in [0.4, 0.5) is 5.69 Å². The summed E-state index contributed by atoms with van der Waals surface area (Å²) in [6.45, 7) is 5.98. The van der Waals surface area contributed by atoms with Crippen molar-refractivity contribution in [2.24, 2.45) is 0 Å². The normalized spacial score (nSPS) is 12.0. The zero-order chi connectivity index (χ0) is 14.7. The maximum Gasteiger partial charge on any atom is 0.231 e. The average molecular weight is 332 g/mol. The third-order valence-corrected chi connectivity index (χ3v) is 4.53. The molecule has 104 valence electrons. The van der Waals surface area contributed by atoms with E-state index in [4.69, 9.17) is 0 Å². The Hall–Kier alpha value is -1.61. The molecule has 2 aromatic rings. The van der Waals surface area contributed by atoms with Gasteiger partial charge in [0.25, 0.3) is 0 Å². The summed E-state index contributed by atoms with van der Waals surface area (Å²) in [5.74, 6) is -0.152. The number of nitrogens with one attached hydrogen (secondary N) is 1. The summed E-state index contributed by atoms with van der Waals surface area (Å²) in [6.07, 6.45) is 0. The number of hydrogen-bond donors (Lipinski definition) is 1. The van der Waals surface area contributed by atoms with Crippen LogP contribution in [0.15, 0.2) is 46.9 Å². The molecule has 0 heterocycles. The lowest BCUT2D eigenvalue weighted by Gasteiger charge is -2.15. The Labute approximate surface area is 128 Å². The Balaban J connectivity index is 2.18. The van der Waals surface area contributed by atoms with Gasteiger partial charge >= 0.3 is 0 Å². The Morgan fingerprint density at radius 3 is 2.35 bits per heavy atom. The highest BCUT2D eigenvalue weighted by atomic mass is 79.9. The minimum atomic E-state index is -0.167. The van der Waals surface area contributed by atoms with Crippen LogP contribution in [0.3, 0.4) is 0 Å². The zero-order valence-corrected chi connectivity index (χ0v) is 13.5. The first-order valence-corrected chi connectivity index (χ1v) is 7.41. The molecule has 0 aliphatic rings. The highest BCUT2D eigenvalue weighted by Crippen LogP contribution is 2.27. The summed E-state index contributed by atoms with van der Waals surface area (Å²) in [4.78, 5) is 12.3. The second-order valence-corrected chi connectivity index (χ2v) is 5.82. The van der Waals surface area contributed by atoms with Crippen LogP contribution < -0.4 is 5.32 Å². The summed E-state index contributed by atoms with van der Waals surface area (Å²) in [7, 11) is 0. The minimum Gasteiger partial charge on any atom is -0.325 e. The molecule has 0 saturated heterocycles. The van der Waals surface area contributed by atoms with E-state index in [9.17, 15) is 4.79 Å². The van der Waals surface area contributed by atoms with Crippen LogP contribution in [-0.4, -0.2) is 5.91 Å². The molecule has 20 heavy (non-hydrogen) atoms. The zero-order valence-electron chi connectivity index (χ0n) is 11.9. The maximum absolute atomic E-state index is 12.3. The maximum atomic E-state index is 12.3. The van der Waals surface area contributed by atoms with Gasteiger partial charge in [0, 0.05) is 10.2 Å². The Kier molecular flexibility index (Phi) is 4.61. The van der Waals surface area contributed by atoms with Gasteiger partial charge in [-0.2, -0.15) is 0 Å². The molecular weight excluding hydrogens is 314 g/mol. The van der Waals surface area contributed by atoms with Gasteiger partial charge in [-0.25, -0.2) is 0 Å². The molecule has 2 nitrogen and oxygen atoms in total. The molecule has 0 spiro atoms. The van der Waals surface area contributed by atoms with Crippen molar-refractivity contribution >= 4 is 27.5 Å². The topological polar surface area (TPSA) is 29.1 Å². The molecule has 0 fully saturated rings. The average Bonchev–Trinajstić information content (AvgIpc) is 2.48. The quantitative estimate of drug-likeness (QED) is 0.859. The summed E-state index contributed by atoms with van der Waals surface area (Å²) in [6, 6.07) is 13.7. The van der Waals surface area contributed by atoms with Crippen molar-refractivity contribution in [1.82, 2.24) is 0 Å². The fraction of sp³-hybridized carbons (Fsp3) is 0.235. The summed E-state index contributed by atoms with van der Waals surface area (Å²) < 4.78 is 1.06. The van der Waals surface area contributed by atoms with Crippen molar-refractivity contribution < 1.29 is 4.79 Å². The van der Waals surface area contributed by atoms with Crippen LogP contribution in [0.1, 0.15) is 29.5 Å².